The predicted molar refractivity (Wildman–Crippen MR) is 85.0 cm³/mol. The van der Waals surface area contributed by atoms with Crippen LogP contribution < -0.4 is 0 Å². The molecule has 0 aliphatic carbocycles. The third-order valence-electron chi connectivity index (χ3n) is 3.04. The first-order chi connectivity index (χ1) is 9.92. The smallest absolute Gasteiger partial charge is 0.0645 e. The van der Waals surface area contributed by atoms with Gasteiger partial charge in [-0.25, -0.2) is 4.68 Å². The number of para-hydroxylation sites is 1. The second-order valence-corrected chi connectivity index (χ2v) is 5.59. The number of hydrogen-bond acceptors (Lipinski definition) is 2. The summed E-state index contributed by atoms with van der Waals surface area (Å²) in [5.41, 5.74) is 3.73. The molecule has 0 fully saturated rings. The molecule has 2 nitrogen and oxygen atoms in total. The zero-order chi connectivity index (χ0) is 13.6. The Labute approximate surface area is 123 Å². The molecule has 0 spiro atoms. The minimum atomic E-state index is 0.988. The first-order valence-corrected chi connectivity index (χ1v) is 7.78. The van der Waals surface area contributed by atoms with Crippen molar-refractivity contribution in [1.29, 1.82) is 0 Å². The fourth-order valence-corrected chi connectivity index (χ4v) is 2.93. The Kier molecular flexibility index (Phi) is 4.19. The van der Waals surface area contributed by atoms with Crippen molar-refractivity contribution in [3.63, 3.8) is 0 Å². The second kappa shape index (κ2) is 6.44. The van der Waals surface area contributed by atoms with Crippen molar-refractivity contribution < 1.29 is 0 Å². The average molecular weight is 280 g/mol. The van der Waals surface area contributed by atoms with Gasteiger partial charge in [-0.15, -0.1) is 0 Å². The summed E-state index contributed by atoms with van der Waals surface area (Å²) in [5, 5.41) is 4.42. The summed E-state index contributed by atoms with van der Waals surface area (Å²) in [6.07, 6.45) is 4.05. The van der Waals surface area contributed by atoms with E-state index in [1.165, 1.54) is 11.1 Å². The predicted octanol–water partition coefficient (Wildman–Crippen LogP) is 4.31. The van der Waals surface area contributed by atoms with Gasteiger partial charge in [0.15, 0.2) is 0 Å². The molecule has 0 radical (unpaired) electrons. The highest BCUT2D eigenvalue weighted by molar-refractivity contribution is 7.97. The van der Waals surface area contributed by atoms with E-state index in [0.717, 1.165) is 17.2 Å². The topological polar surface area (TPSA) is 17.8 Å². The van der Waals surface area contributed by atoms with Gasteiger partial charge in [0.05, 0.1) is 11.9 Å². The lowest BCUT2D eigenvalue weighted by atomic mass is 10.2. The van der Waals surface area contributed by atoms with Crippen LogP contribution in [0, 0.1) is 0 Å². The van der Waals surface area contributed by atoms with Crippen LogP contribution in [-0.4, -0.2) is 9.78 Å². The lowest BCUT2D eigenvalue weighted by molar-refractivity contribution is 0.880. The van der Waals surface area contributed by atoms with E-state index in [2.05, 4.69) is 53.8 Å². The average Bonchev–Trinajstić information content (AvgIpc) is 2.98. The van der Waals surface area contributed by atoms with Gasteiger partial charge in [-0.05, 0) is 17.7 Å². The molecule has 1 heterocycles. The Bertz CT molecular complexity index is 647. The zero-order valence-corrected chi connectivity index (χ0v) is 12.0. The lowest BCUT2D eigenvalue weighted by Crippen LogP contribution is -1.92. The van der Waals surface area contributed by atoms with Gasteiger partial charge in [0.25, 0.3) is 0 Å². The summed E-state index contributed by atoms with van der Waals surface area (Å²) in [6.45, 7) is 0. The Balaban J connectivity index is 1.58. The van der Waals surface area contributed by atoms with Gasteiger partial charge in [0, 0.05) is 23.3 Å². The van der Waals surface area contributed by atoms with E-state index in [4.69, 9.17) is 0 Å². The molecule has 0 N–H and O–H groups in total. The van der Waals surface area contributed by atoms with Crippen molar-refractivity contribution in [2.75, 3.05) is 0 Å². The molecule has 0 bridgehead atoms. The van der Waals surface area contributed by atoms with Crippen molar-refractivity contribution in [3.05, 3.63) is 84.2 Å². The summed E-state index contributed by atoms with van der Waals surface area (Å²) >= 11 is 1.91. The molecule has 0 saturated carbocycles. The van der Waals surface area contributed by atoms with E-state index in [1.807, 2.05) is 40.8 Å². The van der Waals surface area contributed by atoms with Crippen molar-refractivity contribution in [1.82, 2.24) is 9.78 Å². The molecule has 1 aromatic heterocycles. The number of rotatable bonds is 5. The normalized spacial score (nSPS) is 10.6. The van der Waals surface area contributed by atoms with Crippen LogP contribution in [0.5, 0.6) is 0 Å². The molecule has 100 valence electrons. The van der Waals surface area contributed by atoms with Crippen LogP contribution in [0.1, 0.15) is 11.1 Å². The van der Waals surface area contributed by atoms with Gasteiger partial charge in [0.1, 0.15) is 0 Å². The minimum absolute atomic E-state index is 0.988. The van der Waals surface area contributed by atoms with Crippen molar-refractivity contribution >= 4 is 11.8 Å². The lowest BCUT2D eigenvalue weighted by Gasteiger charge is -2.00. The van der Waals surface area contributed by atoms with Crippen molar-refractivity contribution in [3.8, 4) is 5.69 Å². The standard InChI is InChI=1S/C17H16N2S/c1-3-7-15(8-4-1)13-20-14-16-11-18-19(12-16)17-9-5-2-6-10-17/h1-12H,13-14H2. The molecule has 3 heteroatoms. The van der Waals surface area contributed by atoms with Crippen LogP contribution in [0.2, 0.25) is 0 Å². The van der Waals surface area contributed by atoms with Crippen LogP contribution >= 0.6 is 11.8 Å². The van der Waals surface area contributed by atoms with Gasteiger partial charge in [-0.3, -0.25) is 0 Å². The van der Waals surface area contributed by atoms with Crippen LogP contribution in [0.3, 0.4) is 0 Å². The number of aromatic nitrogens is 2. The van der Waals surface area contributed by atoms with Crippen LogP contribution in [0.15, 0.2) is 73.1 Å². The second-order valence-electron chi connectivity index (χ2n) is 4.61. The molecule has 0 saturated heterocycles. The molecule has 0 atom stereocenters. The van der Waals surface area contributed by atoms with Gasteiger partial charge in [-0.2, -0.15) is 16.9 Å². The van der Waals surface area contributed by atoms with Gasteiger partial charge < -0.3 is 0 Å². The Morgan fingerprint density at radius 2 is 1.45 bits per heavy atom. The summed E-state index contributed by atoms with van der Waals surface area (Å²) in [4.78, 5) is 0. The number of thioether (sulfide) groups is 1. The van der Waals surface area contributed by atoms with Crippen LogP contribution in [0.25, 0.3) is 5.69 Å². The number of hydrogen-bond donors (Lipinski definition) is 0. The quantitative estimate of drug-likeness (QED) is 0.693. The molecule has 0 amide bonds. The number of nitrogens with zero attached hydrogens (tertiary/aromatic N) is 2. The molecule has 20 heavy (non-hydrogen) atoms. The Morgan fingerprint density at radius 1 is 0.800 bits per heavy atom. The summed E-state index contributed by atoms with van der Waals surface area (Å²) in [7, 11) is 0. The molecular weight excluding hydrogens is 264 g/mol. The van der Waals surface area contributed by atoms with Gasteiger partial charge in [-0.1, -0.05) is 48.5 Å². The maximum Gasteiger partial charge on any atom is 0.0645 e. The Hall–Kier alpha value is -2.00. The van der Waals surface area contributed by atoms with E-state index in [1.54, 1.807) is 0 Å². The van der Waals surface area contributed by atoms with E-state index < -0.39 is 0 Å². The molecule has 0 unspecified atom stereocenters. The molecule has 0 aliphatic heterocycles. The number of benzene rings is 2. The maximum atomic E-state index is 4.42. The maximum absolute atomic E-state index is 4.42. The third kappa shape index (κ3) is 3.31. The largest absolute Gasteiger partial charge is 0.241 e. The van der Waals surface area contributed by atoms with Gasteiger partial charge >= 0.3 is 0 Å². The monoisotopic (exact) mass is 280 g/mol. The SMILES string of the molecule is c1ccc(CSCc2cnn(-c3ccccc3)c2)cc1. The third-order valence-corrected chi connectivity index (χ3v) is 4.11. The molecule has 2 aromatic carbocycles. The van der Waals surface area contributed by atoms with Crippen LogP contribution in [-0.2, 0) is 11.5 Å². The molecule has 3 rings (SSSR count). The Morgan fingerprint density at radius 3 is 2.20 bits per heavy atom. The molecular formula is C17H16N2S. The first kappa shape index (κ1) is 13.0. The molecule has 0 aliphatic rings. The fraction of sp³-hybridized carbons (Fsp3) is 0.118. The summed E-state index contributed by atoms with van der Waals surface area (Å²) in [5.74, 6) is 2.03. The summed E-state index contributed by atoms with van der Waals surface area (Å²) in [6, 6.07) is 20.8. The van der Waals surface area contributed by atoms with E-state index in [-0.39, 0.29) is 0 Å². The highest BCUT2D eigenvalue weighted by Gasteiger charge is 2.01. The van der Waals surface area contributed by atoms with Crippen LogP contribution in [0.4, 0.5) is 0 Å². The van der Waals surface area contributed by atoms with E-state index in [0.29, 0.717) is 0 Å². The van der Waals surface area contributed by atoms with E-state index in [9.17, 15) is 0 Å². The summed E-state index contributed by atoms with van der Waals surface area (Å²) < 4.78 is 1.93. The fourth-order valence-electron chi connectivity index (χ4n) is 2.02. The highest BCUT2D eigenvalue weighted by Crippen LogP contribution is 2.18. The van der Waals surface area contributed by atoms with Crippen molar-refractivity contribution in [2.45, 2.75) is 11.5 Å². The van der Waals surface area contributed by atoms with Crippen molar-refractivity contribution in [2.24, 2.45) is 0 Å². The highest BCUT2D eigenvalue weighted by atomic mass is 32.2. The van der Waals surface area contributed by atoms with E-state index >= 15 is 0 Å². The first-order valence-electron chi connectivity index (χ1n) is 6.62. The zero-order valence-electron chi connectivity index (χ0n) is 11.1. The van der Waals surface area contributed by atoms with Gasteiger partial charge in [0.2, 0.25) is 0 Å². The molecule has 3 aromatic rings. The minimum Gasteiger partial charge on any atom is -0.241 e.